The van der Waals surface area contributed by atoms with E-state index in [9.17, 15) is 4.79 Å². The maximum absolute atomic E-state index is 12.1. The number of nitrogens with one attached hydrogen (secondary N) is 3. The number of hydrogen-bond donors (Lipinski definition) is 3. The molecule has 2 aromatic rings. The first kappa shape index (κ1) is 14.9. The number of benzene rings is 1. The van der Waals surface area contributed by atoms with Crippen molar-refractivity contribution >= 4 is 23.3 Å². The average molecular weight is 319 g/mol. The summed E-state index contributed by atoms with van der Waals surface area (Å²) in [6.45, 7) is 3.85. The Hall–Kier alpha value is -2.01. The van der Waals surface area contributed by atoms with E-state index in [2.05, 4.69) is 20.8 Å². The Morgan fingerprint density at radius 1 is 1.41 bits per heavy atom. The molecule has 1 aliphatic rings. The van der Waals surface area contributed by atoms with Crippen molar-refractivity contribution in [3.05, 3.63) is 35.0 Å². The van der Waals surface area contributed by atoms with Gasteiger partial charge in [0.2, 0.25) is 0 Å². The summed E-state index contributed by atoms with van der Waals surface area (Å²) in [5.74, 6) is 0.454. The summed E-state index contributed by atoms with van der Waals surface area (Å²) in [7, 11) is 0. The third kappa shape index (κ3) is 3.25. The molecule has 1 fully saturated rings. The van der Waals surface area contributed by atoms with E-state index in [0.29, 0.717) is 10.9 Å². The second kappa shape index (κ2) is 6.01. The van der Waals surface area contributed by atoms with Crippen LogP contribution in [0, 0.1) is 0 Å². The lowest BCUT2D eigenvalue weighted by Gasteiger charge is -2.12. The fourth-order valence-corrected chi connectivity index (χ4v) is 2.60. The van der Waals surface area contributed by atoms with E-state index in [0.717, 1.165) is 35.5 Å². The number of aromatic amines is 1. The minimum absolute atomic E-state index is 0.0749. The predicted molar refractivity (Wildman–Crippen MR) is 88.3 cm³/mol. The van der Waals surface area contributed by atoms with Crippen LogP contribution in [0.15, 0.2) is 24.3 Å². The van der Waals surface area contributed by atoms with Crippen molar-refractivity contribution < 1.29 is 4.79 Å². The highest BCUT2D eigenvalue weighted by Crippen LogP contribution is 2.45. The van der Waals surface area contributed by atoms with Gasteiger partial charge in [-0.05, 0) is 38.8 Å². The monoisotopic (exact) mass is 318 g/mol. The van der Waals surface area contributed by atoms with Gasteiger partial charge in [0.1, 0.15) is 5.69 Å². The second-order valence-electron chi connectivity index (χ2n) is 5.90. The van der Waals surface area contributed by atoms with Gasteiger partial charge in [-0.1, -0.05) is 23.7 Å². The van der Waals surface area contributed by atoms with Crippen LogP contribution in [0.1, 0.15) is 38.3 Å². The minimum atomic E-state index is -0.221. The van der Waals surface area contributed by atoms with Crippen molar-refractivity contribution in [1.29, 1.82) is 0 Å². The first-order chi connectivity index (χ1) is 10.5. The molecule has 2 amide bonds. The molecule has 1 heterocycles. The quantitative estimate of drug-likeness (QED) is 0.793. The molecular weight excluding hydrogens is 300 g/mol. The molecule has 0 spiro atoms. The molecule has 3 rings (SSSR count). The molecular formula is C16H19ClN4O. The SMILES string of the molecule is CC(C)NC(=O)Nc1c(-c2cccc(Cl)c2)n[nH]c1C1CC1. The van der Waals surface area contributed by atoms with Crippen LogP contribution in [0.25, 0.3) is 11.3 Å². The molecule has 1 aliphatic carbocycles. The molecule has 22 heavy (non-hydrogen) atoms. The summed E-state index contributed by atoms with van der Waals surface area (Å²) in [5.41, 5.74) is 3.36. The highest BCUT2D eigenvalue weighted by Gasteiger charge is 2.31. The number of halogens is 1. The van der Waals surface area contributed by atoms with Gasteiger partial charge in [-0.3, -0.25) is 5.10 Å². The number of hydrogen-bond acceptors (Lipinski definition) is 2. The zero-order valence-corrected chi connectivity index (χ0v) is 13.4. The number of carbonyl (C=O) groups is 1. The van der Waals surface area contributed by atoms with E-state index in [1.807, 2.05) is 38.1 Å². The van der Waals surface area contributed by atoms with Crippen molar-refractivity contribution in [3.8, 4) is 11.3 Å². The lowest BCUT2D eigenvalue weighted by atomic mass is 10.1. The molecule has 1 saturated carbocycles. The number of H-pyrrole nitrogens is 1. The van der Waals surface area contributed by atoms with E-state index >= 15 is 0 Å². The zero-order chi connectivity index (χ0) is 15.7. The maximum atomic E-state index is 12.1. The molecule has 0 radical (unpaired) electrons. The molecule has 0 atom stereocenters. The van der Waals surface area contributed by atoms with Crippen molar-refractivity contribution in [2.75, 3.05) is 5.32 Å². The van der Waals surface area contributed by atoms with Crippen LogP contribution in [0.3, 0.4) is 0 Å². The van der Waals surface area contributed by atoms with E-state index in [-0.39, 0.29) is 12.1 Å². The standard InChI is InChI=1S/C16H19ClN4O/c1-9(2)18-16(22)19-15-13(10-6-7-10)20-21-14(15)11-4-3-5-12(17)8-11/h3-5,8-10H,6-7H2,1-2H3,(H,20,21)(H2,18,19,22). The minimum Gasteiger partial charge on any atom is -0.336 e. The fourth-order valence-electron chi connectivity index (χ4n) is 2.41. The smallest absolute Gasteiger partial charge is 0.319 e. The van der Waals surface area contributed by atoms with Crippen LogP contribution in [-0.4, -0.2) is 22.3 Å². The van der Waals surface area contributed by atoms with Gasteiger partial charge in [-0.15, -0.1) is 0 Å². The molecule has 5 nitrogen and oxygen atoms in total. The van der Waals surface area contributed by atoms with Gasteiger partial charge in [0.15, 0.2) is 0 Å². The molecule has 1 aromatic heterocycles. The predicted octanol–water partition coefficient (Wildman–Crippen LogP) is 4.14. The molecule has 6 heteroatoms. The van der Waals surface area contributed by atoms with Gasteiger partial charge in [0.05, 0.1) is 11.4 Å². The second-order valence-corrected chi connectivity index (χ2v) is 6.34. The van der Waals surface area contributed by atoms with Crippen LogP contribution < -0.4 is 10.6 Å². The van der Waals surface area contributed by atoms with Gasteiger partial charge in [0.25, 0.3) is 0 Å². The van der Waals surface area contributed by atoms with Crippen LogP contribution in [-0.2, 0) is 0 Å². The highest BCUT2D eigenvalue weighted by molar-refractivity contribution is 6.30. The van der Waals surface area contributed by atoms with Crippen LogP contribution in [0.5, 0.6) is 0 Å². The van der Waals surface area contributed by atoms with Gasteiger partial charge < -0.3 is 10.6 Å². The molecule has 0 unspecified atom stereocenters. The molecule has 3 N–H and O–H groups in total. The van der Waals surface area contributed by atoms with Crippen LogP contribution in [0.2, 0.25) is 5.02 Å². The molecule has 0 saturated heterocycles. The lowest BCUT2D eigenvalue weighted by molar-refractivity contribution is 0.250. The topological polar surface area (TPSA) is 69.8 Å². The van der Waals surface area contributed by atoms with Crippen LogP contribution in [0.4, 0.5) is 10.5 Å². The number of anilines is 1. The van der Waals surface area contributed by atoms with Crippen LogP contribution >= 0.6 is 11.6 Å². The molecule has 1 aromatic carbocycles. The van der Waals surface area contributed by atoms with Crippen molar-refractivity contribution in [2.45, 2.75) is 38.6 Å². The molecule has 0 bridgehead atoms. The third-order valence-corrected chi connectivity index (χ3v) is 3.77. The average Bonchev–Trinajstić information content (AvgIpc) is 3.20. The van der Waals surface area contributed by atoms with Crippen molar-refractivity contribution in [3.63, 3.8) is 0 Å². The summed E-state index contributed by atoms with van der Waals surface area (Å²) >= 11 is 6.07. The number of aromatic nitrogens is 2. The van der Waals surface area contributed by atoms with Gasteiger partial charge in [-0.2, -0.15) is 5.10 Å². The summed E-state index contributed by atoms with van der Waals surface area (Å²) in [6, 6.07) is 7.33. The van der Waals surface area contributed by atoms with Gasteiger partial charge in [-0.25, -0.2) is 4.79 Å². The number of amides is 2. The number of urea groups is 1. The first-order valence-electron chi connectivity index (χ1n) is 7.46. The first-order valence-corrected chi connectivity index (χ1v) is 7.84. The zero-order valence-electron chi connectivity index (χ0n) is 12.6. The normalized spacial score (nSPS) is 14.2. The van der Waals surface area contributed by atoms with Gasteiger partial charge >= 0.3 is 6.03 Å². The van der Waals surface area contributed by atoms with E-state index in [1.54, 1.807) is 0 Å². The Morgan fingerprint density at radius 3 is 2.82 bits per heavy atom. The summed E-state index contributed by atoms with van der Waals surface area (Å²) in [6.07, 6.45) is 2.25. The van der Waals surface area contributed by atoms with Crippen molar-refractivity contribution in [2.24, 2.45) is 0 Å². The Labute approximate surface area is 134 Å². The Bertz CT molecular complexity index is 691. The highest BCUT2D eigenvalue weighted by atomic mass is 35.5. The molecule has 116 valence electrons. The van der Waals surface area contributed by atoms with E-state index < -0.39 is 0 Å². The largest absolute Gasteiger partial charge is 0.336 e. The Balaban J connectivity index is 1.95. The van der Waals surface area contributed by atoms with E-state index in [4.69, 9.17) is 11.6 Å². The van der Waals surface area contributed by atoms with E-state index in [1.165, 1.54) is 0 Å². The lowest BCUT2D eigenvalue weighted by Crippen LogP contribution is -2.34. The van der Waals surface area contributed by atoms with Gasteiger partial charge in [0, 0.05) is 22.5 Å². The summed E-state index contributed by atoms with van der Waals surface area (Å²) < 4.78 is 0. The maximum Gasteiger partial charge on any atom is 0.319 e. The number of carbonyl (C=O) groups excluding carboxylic acids is 1. The summed E-state index contributed by atoms with van der Waals surface area (Å²) in [5, 5.41) is 13.9. The Kier molecular flexibility index (Phi) is 4.07. The number of nitrogens with zero attached hydrogens (tertiary/aromatic N) is 1. The molecule has 0 aliphatic heterocycles. The third-order valence-electron chi connectivity index (χ3n) is 3.54. The van der Waals surface area contributed by atoms with Crippen molar-refractivity contribution in [1.82, 2.24) is 15.5 Å². The summed E-state index contributed by atoms with van der Waals surface area (Å²) in [4.78, 5) is 12.1. The fraction of sp³-hybridized carbons (Fsp3) is 0.375. The Morgan fingerprint density at radius 2 is 2.18 bits per heavy atom. The number of rotatable bonds is 4.